The van der Waals surface area contributed by atoms with Gasteiger partial charge in [-0.25, -0.2) is 21.6 Å². The van der Waals surface area contributed by atoms with E-state index in [1.54, 1.807) is 0 Å². The fourth-order valence-electron chi connectivity index (χ4n) is 3.86. The van der Waals surface area contributed by atoms with Crippen molar-refractivity contribution in [3.8, 4) is 0 Å². The standard InChI is InChI=1S/C19H29N3O6S2/c1-14-11-22(12-15(2)28-14)9-8-20-19(23)16-3-5-18(6-4-16)30(26,27)21-17-7-10-29(24,25)13-17/h3-6,14-15,17,21H,7-13H2,1-2H3,(H,20,23). The summed E-state index contributed by atoms with van der Waals surface area (Å²) in [5, 5.41) is 2.85. The van der Waals surface area contributed by atoms with Crippen LogP contribution in [0.1, 0.15) is 30.6 Å². The Morgan fingerprint density at radius 1 is 1.17 bits per heavy atom. The Balaban J connectivity index is 1.51. The highest BCUT2D eigenvalue weighted by molar-refractivity contribution is 7.92. The van der Waals surface area contributed by atoms with Gasteiger partial charge in [0.15, 0.2) is 9.84 Å². The molecule has 11 heteroatoms. The van der Waals surface area contributed by atoms with E-state index in [9.17, 15) is 21.6 Å². The maximum atomic E-state index is 12.5. The number of hydrogen-bond donors (Lipinski definition) is 2. The number of nitrogens with one attached hydrogen (secondary N) is 2. The van der Waals surface area contributed by atoms with Crippen molar-refractivity contribution in [2.24, 2.45) is 0 Å². The molecule has 0 saturated carbocycles. The summed E-state index contributed by atoms with van der Waals surface area (Å²) < 4.78 is 56.1. The number of rotatable bonds is 7. The van der Waals surface area contributed by atoms with Gasteiger partial charge >= 0.3 is 0 Å². The third kappa shape index (κ3) is 6.24. The lowest BCUT2D eigenvalue weighted by molar-refractivity contribution is -0.0672. The molecule has 2 heterocycles. The molecule has 0 aliphatic carbocycles. The second kappa shape index (κ2) is 9.31. The van der Waals surface area contributed by atoms with Crippen LogP contribution in [0.2, 0.25) is 0 Å². The van der Waals surface area contributed by atoms with Crippen molar-refractivity contribution in [2.75, 3.05) is 37.7 Å². The highest BCUT2D eigenvalue weighted by Gasteiger charge is 2.31. The number of amides is 1. The van der Waals surface area contributed by atoms with Crippen LogP contribution in [0.4, 0.5) is 0 Å². The Morgan fingerprint density at radius 3 is 2.37 bits per heavy atom. The van der Waals surface area contributed by atoms with Gasteiger partial charge in [-0.15, -0.1) is 0 Å². The Morgan fingerprint density at radius 2 is 1.80 bits per heavy atom. The summed E-state index contributed by atoms with van der Waals surface area (Å²) in [6, 6.07) is 4.99. The van der Waals surface area contributed by atoms with Crippen LogP contribution in [-0.2, 0) is 24.6 Å². The molecule has 30 heavy (non-hydrogen) atoms. The Bertz CT molecular complexity index is 952. The van der Waals surface area contributed by atoms with E-state index in [2.05, 4.69) is 14.9 Å². The molecule has 2 saturated heterocycles. The maximum Gasteiger partial charge on any atom is 0.251 e. The summed E-state index contributed by atoms with van der Waals surface area (Å²) in [7, 11) is -7.02. The van der Waals surface area contributed by atoms with Crippen molar-refractivity contribution >= 4 is 25.8 Å². The van der Waals surface area contributed by atoms with Gasteiger partial charge in [0, 0.05) is 37.8 Å². The molecule has 2 N–H and O–H groups in total. The Kier molecular flexibility index (Phi) is 7.18. The van der Waals surface area contributed by atoms with Crippen molar-refractivity contribution in [3.05, 3.63) is 29.8 Å². The molecule has 3 unspecified atom stereocenters. The molecule has 1 aromatic carbocycles. The first-order valence-electron chi connectivity index (χ1n) is 10.0. The van der Waals surface area contributed by atoms with E-state index >= 15 is 0 Å². The Hall–Kier alpha value is -1.53. The first kappa shape index (κ1) is 23.1. The van der Waals surface area contributed by atoms with Crippen LogP contribution in [0.25, 0.3) is 0 Å². The van der Waals surface area contributed by atoms with Crippen molar-refractivity contribution in [1.82, 2.24) is 14.9 Å². The van der Waals surface area contributed by atoms with E-state index in [0.29, 0.717) is 18.7 Å². The lowest BCUT2D eigenvalue weighted by Crippen LogP contribution is -2.47. The van der Waals surface area contributed by atoms with E-state index in [-0.39, 0.29) is 40.9 Å². The number of nitrogens with zero attached hydrogens (tertiary/aromatic N) is 1. The van der Waals surface area contributed by atoms with Crippen molar-refractivity contribution < 1.29 is 26.4 Å². The van der Waals surface area contributed by atoms with Crippen LogP contribution < -0.4 is 10.0 Å². The molecule has 2 fully saturated rings. The number of benzene rings is 1. The van der Waals surface area contributed by atoms with Crippen molar-refractivity contribution in [3.63, 3.8) is 0 Å². The highest BCUT2D eigenvalue weighted by atomic mass is 32.2. The molecule has 168 valence electrons. The van der Waals surface area contributed by atoms with Crippen molar-refractivity contribution in [1.29, 1.82) is 0 Å². The summed E-state index contributed by atoms with van der Waals surface area (Å²) in [6.07, 6.45) is 0.594. The van der Waals surface area contributed by atoms with Crippen LogP contribution in [0.5, 0.6) is 0 Å². The highest BCUT2D eigenvalue weighted by Crippen LogP contribution is 2.16. The molecule has 9 nitrogen and oxygen atoms in total. The third-order valence-electron chi connectivity index (χ3n) is 5.19. The number of sulfone groups is 1. The first-order valence-corrected chi connectivity index (χ1v) is 13.3. The molecule has 2 aliphatic rings. The zero-order chi connectivity index (χ0) is 21.9. The minimum absolute atomic E-state index is 0.000333. The number of sulfonamides is 1. The predicted molar refractivity (Wildman–Crippen MR) is 113 cm³/mol. The lowest BCUT2D eigenvalue weighted by Gasteiger charge is -2.35. The summed E-state index contributed by atoms with van der Waals surface area (Å²) in [5.41, 5.74) is 0.362. The number of carbonyl (C=O) groups excluding carboxylic acids is 1. The minimum atomic E-state index is -3.84. The quantitative estimate of drug-likeness (QED) is 0.588. The fraction of sp³-hybridized carbons (Fsp3) is 0.632. The van der Waals surface area contributed by atoms with E-state index in [1.165, 1.54) is 24.3 Å². The molecule has 3 atom stereocenters. The lowest BCUT2D eigenvalue weighted by atomic mass is 10.2. The molecule has 2 aliphatic heterocycles. The number of morpholine rings is 1. The van der Waals surface area contributed by atoms with Gasteiger partial charge in [0.2, 0.25) is 10.0 Å². The third-order valence-corrected chi connectivity index (χ3v) is 8.49. The summed E-state index contributed by atoms with van der Waals surface area (Å²) in [4.78, 5) is 14.6. The molecular formula is C19H29N3O6S2. The summed E-state index contributed by atoms with van der Waals surface area (Å²) in [5.74, 6) is -0.474. The van der Waals surface area contributed by atoms with Gasteiger partial charge in [-0.05, 0) is 44.5 Å². The molecule has 0 spiro atoms. The Labute approximate surface area is 178 Å². The molecule has 1 aromatic rings. The van der Waals surface area contributed by atoms with Gasteiger partial charge in [-0.2, -0.15) is 0 Å². The van der Waals surface area contributed by atoms with Gasteiger partial charge < -0.3 is 10.1 Å². The van der Waals surface area contributed by atoms with Crippen LogP contribution in [0, 0.1) is 0 Å². The van der Waals surface area contributed by atoms with Crippen LogP contribution in [-0.4, -0.2) is 83.6 Å². The van der Waals surface area contributed by atoms with Gasteiger partial charge in [-0.3, -0.25) is 9.69 Å². The number of hydrogen-bond acceptors (Lipinski definition) is 7. The van der Waals surface area contributed by atoms with Gasteiger partial charge in [0.25, 0.3) is 5.91 Å². The normalized spacial score (nSPS) is 27.1. The predicted octanol–water partition coefficient (Wildman–Crippen LogP) is -0.00900. The molecular weight excluding hydrogens is 430 g/mol. The van der Waals surface area contributed by atoms with Crippen LogP contribution in [0.15, 0.2) is 29.2 Å². The van der Waals surface area contributed by atoms with E-state index < -0.39 is 25.9 Å². The monoisotopic (exact) mass is 459 g/mol. The smallest absolute Gasteiger partial charge is 0.251 e. The average Bonchev–Trinajstić information content (AvgIpc) is 2.98. The topological polar surface area (TPSA) is 122 Å². The van der Waals surface area contributed by atoms with E-state index in [4.69, 9.17) is 4.74 Å². The maximum absolute atomic E-state index is 12.5. The number of carbonyl (C=O) groups is 1. The zero-order valence-corrected chi connectivity index (χ0v) is 18.8. The molecule has 0 bridgehead atoms. The van der Waals surface area contributed by atoms with Crippen LogP contribution in [0.3, 0.4) is 0 Å². The van der Waals surface area contributed by atoms with E-state index in [1.807, 2.05) is 13.8 Å². The molecule has 0 radical (unpaired) electrons. The summed E-state index contributed by atoms with van der Waals surface area (Å²) >= 11 is 0. The second-order valence-electron chi connectivity index (χ2n) is 8.02. The molecule has 0 aromatic heterocycles. The second-order valence-corrected chi connectivity index (χ2v) is 12.0. The van der Waals surface area contributed by atoms with Crippen LogP contribution >= 0.6 is 0 Å². The van der Waals surface area contributed by atoms with Gasteiger partial charge in [0.1, 0.15) is 0 Å². The van der Waals surface area contributed by atoms with Gasteiger partial charge in [-0.1, -0.05) is 0 Å². The summed E-state index contributed by atoms with van der Waals surface area (Å²) in [6.45, 7) is 6.89. The van der Waals surface area contributed by atoms with Gasteiger partial charge in [0.05, 0.1) is 28.6 Å². The average molecular weight is 460 g/mol. The van der Waals surface area contributed by atoms with Crippen molar-refractivity contribution in [2.45, 2.75) is 43.4 Å². The van der Waals surface area contributed by atoms with E-state index in [0.717, 1.165) is 13.1 Å². The largest absolute Gasteiger partial charge is 0.373 e. The molecule has 3 rings (SSSR count). The number of ether oxygens (including phenoxy) is 1. The zero-order valence-electron chi connectivity index (χ0n) is 17.2. The molecule has 1 amide bonds. The first-order chi connectivity index (χ1) is 14.0. The fourth-order valence-corrected chi connectivity index (χ4v) is 6.91. The minimum Gasteiger partial charge on any atom is -0.373 e. The SMILES string of the molecule is CC1CN(CCNC(=O)c2ccc(S(=O)(=O)NC3CCS(=O)(=O)C3)cc2)CC(C)O1.